The first kappa shape index (κ1) is 21.7. The van der Waals surface area contributed by atoms with Gasteiger partial charge in [0.1, 0.15) is 0 Å². The Balaban J connectivity index is 2.19. The molecule has 2 atom stereocenters. The molecule has 0 aliphatic heterocycles. The van der Waals surface area contributed by atoms with Gasteiger partial charge in [-0.25, -0.2) is 0 Å². The molecular weight excluding hydrogens is 378 g/mol. The number of carboxylic acids is 1. The predicted molar refractivity (Wildman–Crippen MR) is 104 cm³/mol. The fraction of sp³-hybridized carbons (Fsp3) is 0.250. The standard InChI is InChI=1S/C20H21N3O6/c21-16(10-11-18(24)25)20(27)22-17(12-13-4-2-1-3-5-13)19(26)14-6-8-15(9-7-14)23(28)29/h1-9,16-17H,10-12,21H2,(H,22,27)(H,24,25). The minimum atomic E-state index is -1.07. The highest BCUT2D eigenvalue weighted by molar-refractivity contribution is 6.02. The van der Waals surface area contributed by atoms with Crippen molar-refractivity contribution in [3.05, 3.63) is 75.8 Å². The van der Waals surface area contributed by atoms with Crippen LogP contribution in [0.3, 0.4) is 0 Å². The molecule has 29 heavy (non-hydrogen) atoms. The summed E-state index contributed by atoms with van der Waals surface area (Å²) in [5, 5.41) is 22.1. The summed E-state index contributed by atoms with van der Waals surface area (Å²) < 4.78 is 0. The number of amides is 1. The van der Waals surface area contributed by atoms with E-state index in [1.807, 2.05) is 6.07 Å². The average Bonchev–Trinajstić information content (AvgIpc) is 2.71. The minimum Gasteiger partial charge on any atom is -0.481 e. The van der Waals surface area contributed by atoms with Gasteiger partial charge in [-0.3, -0.25) is 24.5 Å². The molecule has 4 N–H and O–H groups in total. The Labute approximate surface area is 166 Å². The van der Waals surface area contributed by atoms with E-state index in [0.29, 0.717) is 0 Å². The van der Waals surface area contributed by atoms with E-state index < -0.39 is 34.7 Å². The van der Waals surface area contributed by atoms with Gasteiger partial charge in [0.2, 0.25) is 5.91 Å². The number of carbonyl (C=O) groups is 3. The van der Waals surface area contributed by atoms with Gasteiger partial charge in [-0.05, 0) is 24.1 Å². The molecule has 2 unspecified atom stereocenters. The van der Waals surface area contributed by atoms with Crippen molar-refractivity contribution >= 4 is 23.3 Å². The second kappa shape index (κ2) is 10.1. The molecule has 0 aromatic heterocycles. The molecule has 0 fully saturated rings. The maximum absolute atomic E-state index is 12.9. The molecule has 0 aliphatic carbocycles. The molecule has 2 aromatic carbocycles. The molecule has 0 aliphatic rings. The number of nitrogens with zero attached hydrogens (tertiary/aromatic N) is 1. The first-order valence-corrected chi connectivity index (χ1v) is 8.88. The zero-order chi connectivity index (χ0) is 21.4. The lowest BCUT2D eigenvalue weighted by molar-refractivity contribution is -0.384. The number of carbonyl (C=O) groups excluding carboxylic acids is 2. The smallest absolute Gasteiger partial charge is 0.303 e. The summed E-state index contributed by atoms with van der Waals surface area (Å²) in [5.41, 5.74) is 6.59. The summed E-state index contributed by atoms with van der Waals surface area (Å²) in [6, 6.07) is 12.1. The predicted octanol–water partition coefficient (Wildman–Crippen LogP) is 1.70. The third-order valence-electron chi connectivity index (χ3n) is 4.28. The number of nitro groups is 1. The van der Waals surface area contributed by atoms with E-state index in [1.165, 1.54) is 24.3 Å². The lowest BCUT2D eigenvalue weighted by Crippen LogP contribution is -2.49. The third kappa shape index (κ3) is 6.51. The van der Waals surface area contributed by atoms with Crippen LogP contribution in [0.2, 0.25) is 0 Å². The summed E-state index contributed by atoms with van der Waals surface area (Å²) in [5.74, 6) is -2.14. The second-order valence-corrected chi connectivity index (χ2v) is 6.46. The van der Waals surface area contributed by atoms with Gasteiger partial charge in [0.25, 0.3) is 5.69 Å². The van der Waals surface area contributed by atoms with Crippen molar-refractivity contribution in [3.63, 3.8) is 0 Å². The van der Waals surface area contributed by atoms with Gasteiger partial charge in [0, 0.05) is 30.5 Å². The third-order valence-corrected chi connectivity index (χ3v) is 4.28. The molecule has 0 saturated heterocycles. The summed E-state index contributed by atoms with van der Waals surface area (Å²) in [6.07, 6.45) is -0.146. The number of rotatable bonds is 10. The fourth-order valence-corrected chi connectivity index (χ4v) is 2.70. The molecule has 0 heterocycles. The second-order valence-electron chi connectivity index (χ2n) is 6.46. The minimum absolute atomic E-state index is 0.0645. The SMILES string of the molecule is NC(CCC(=O)O)C(=O)NC(Cc1ccccc1)C(=O)c1ccc([N+](=O)[O-])cc1. The van der Waals surface area contributed by atoms with Gasteiger partial charge < -0.3 is 16.2 Å². The van der Waals surface area contributed by atoms with E-state index in [-0.39, 0.29) is 30.5 Å². The first-order valence-electron chi connectivity index (χ1n) is 8.88. The molecule has 2 aromatic rings. The number of hydrogen-bond acceptors (Lipinski definition) is 6. The number of nitrogens with one attached hydrogen (secondary N) is 1. The molecule has 9 nitrogen and oxygen atoms in total. The highest BCUT2D eigenvalue weighted by Gasteiger charge is 2.25. The van der Waals surface area contributed by atoms with Gasteiger partial charge in [0.05, 0.1) is 17.0 Å². The van der Waals surface area contributed by atoms with E-state index in [4.69, 9.17) is 10.8 Å². The number of Topliss-reactive ketones (excluding diaryl/α,β-unsaturated/α-hetero) is 1. The Morgan fingerprint density at radius 2 is 1.69 bits per heavy atom. The Hall–Kier alpha value is -3.59. The summed E-state index contributed by atoms with van der Waals surface area (Å²) >= 11 is 0. The average molecular weight is 399 g/mol. The Kier molecular flexibility index (Phi) is 7.55. The normalized spacial score (nSPS) is 12.6. The van der Waals surface area contributed by atoms with E-state index in [2.05, 4.69) is 5.32 Å². The highest BCUT2D eigenvalue weighted by Crippen LogP contribution is 2.15. The zero-order valence-electron chi connectivity index (χ0n) is 15.5. The maximum atomic E-state index is 12.9. The summed E-state index contributed by atoms with van der Waals surface area (Å²) in [6.45, 7) is 0. The molecule has 1 amide bonds. The van der Waals surface area contributed by atoms with Crippen LogP contribution in [0.25, 0.3) is 0 Å². The molecule has 0 saturated carbocycles. The number of hydrogen-bond donors (Lipinski definition) is 3. The Morgan fingerprint density at radius 3 is 2.24 bits per heavy atom. The molecule has 152 valence electrons. The number of carboxylic acid groups (broad SMARTS) is 1. The summed E-state index contributed by atoms with van der Waals surface area (Å²) in [7, 11) is 0. The molecule has 0 bridgehead atoms. The zero-order valence-corrected chi connectivity index (χ0v) is 15.5. The molecule has 0 radical (unpaired) electrons. The molecule has 2 rings (SSSR count). The van der Waals surface area contributed by atoms with Gasteiger partial charge in [-0.2, -0.15) is 0 Å². The quantitative estimate of drug-likeness (QED) is 0.312. The highest BCUT2D eigenvalue weighted by atomic mass is 16.6. The number of ketones is 1. The van der Waals surface area contributed by atoms with Crippen LogP contribution in [-0.4, -0.2) is 39.8 Å². The monoisotopic (exact) mass is 399 g/mol. The lowest BCUT2D eigenvalue weighted by Gasteiger charge is -2.20. The number of benzene rings is 2. The van der Waals surface area contributed by atoms with Crippen LogP contribution >= 0.6 is 0 Å². The van der Waals surface area contributed by atoms with Crippen molar-refractivity contribution in [2.75, 3.05) is 0 Å². The van der Waals surface area contributed by atoms with Crippen LogP contribution in [0, 0.1) is 10.1 Å². The molecule has 0 spiro atoms. The first-order chi connectivity index (χ1) is 13.8. The van der Waals surface area contributed by atoms with Crippen molar-refractivity contribution in [2.45, 2.75) is 31.3 Å². The van der Waals surface area contributed by atoms with Crippen molar-refractivity contribution in [1.82, 2.24) is 5.32 Å². The van der Waals surface area contributed by atoms with Crippen LogP contribution in [0.4, 0.5) is 5.69 Å². The van der Waals surface area contributed by atoms with Gasteiger partial charge in [-0.15, -0.1) is 0 Å². The largest absolute Gasteiger partial charge is 0.481 e. The van der Waals surface area contributed by atoms with Gasteiger partial charge in [-0.1, -0.05) is 30.3 Å². The Bertz CT molecular complexity index is 883. The van der Waals surface area contributed by atoms with E-state index in [0.717, 1.165) is 5.56 Å². The van der Waals surface area contributed by atoms with Crippen LogP contribution in [-0.2, 0) is 16.0 Å². The fourth-order valence-electron chi connectivity index (χ4n) is 2.70. The van der Waals surface area contributed by atoms with Crippen LogP contribution in [0.1, 0.15) is 28.8 Å². The number of nitrogens with two attached hydrogens (primary N) is 1. The van der Waals surface area contributed by atoms with Crippen molar-refractivity contribution < 1.29 is 24.4 Å². The van der Waals surface area contributed by atoms with Crippen LogP contribution in [0.15, 0.2) is 54.6 Å². The van der Waals surface area contributed by atoms with Crippen molar-refractivity contribution in [1.29, 1.82) is 0 Å². The van der Waals surface area contributed by atoms with Crippen LogP contribution < -0.4 is 11.1 Å². The lowest BCUT2D eigenvalue weighted by atomic mass is 9.97. The molecule has 9 heteroatoms. The Morgan fingerprint density at radius 1 is 1.07 bits per heavy atom. The van der Waals surface area contributed by atoms with E-state index >= 15 is 0 Å². The van der Waals surface area contributed by atoms with Gasteiger partial charge >= 0.3 is 5.97 Å². The topological polar surface area (TPSA) is 153 Å². The van der Waals surface area contributed by atoms with E-state index in [9.17, 15) is 24.5 Å². The van der Waals surface area contributed by atoms with Crippen LogP contribution in [0.5, 0.6) is 0 Å². The number of aliphatic carboxylic acids is 1. The summed E-state index contributed by atoms with van der Waals surface area (Å²) in [4.78, 5) is 46.2. The van der Waals surface area contributed by atoms with Gasteiger partial charge in [0.15, 0.2) is 5.78 Å². The number of nitro benzene ring substituents is 1. The molecular formula is C20H21N3O6. The van der Waals surface area contributed by atoms with E-state index in [1.54, 1.807) is 24.3 Å². The van der Waals surface area contributed by atoms with Crippen molar-refractivity contribution in [2.24, 2.45) is 5.73 Å². The maximum Gasteiger partial charge on any atom is 0.303 e. The number of non-ortho nitro benzene ring substituents is 1. The van der Waals surface area contributed by atoms with Crippen molar-refractivity contribution in [3.8, 4) is 0 Å².